The third-order valence-electron chi connectivity index (χ3n) is 5.83. The summed E-state index contributed by atoms with van der Waals surface area (Å²) in [5.74, 6) is 1.21. The molecule has 3 aromatic carbocycles. The number of amides is 1. The van der Waals surface area contributed by atoms with E-state index in [0.29, 0.717) is 46.3 Å². The third-order valence-corrected chi connectivity index (χ3v) is 8.05. The number of aliphatic hydroxyl groups is 1. The van der Waals surface area contributed by atoms with Gasteiger partial charge in [-0.1, -0.05) is 44.2 Å². The average molecular weight is 593 g/mol. The van der Waals surface area contributed by atoms with Crippen LogP contribution in [-0.2, 0) is 21.6 Å². The maximum absolute atomic E-state index is 12.5. The van der Waals surface area contributed by atoms with Crippen molar-refractivity contribution in [3.63, 3.8) is 0 Å². The number of hydrogen-bond donors (Lipinski definition) is 3. The Morgan fingerprint density at radius 3 is 2.44 bits per heavy atom. The molecule has 10 nitrogen and oxygen atoms in total. The molecule has 0 unspecified atom stereocenters. The molecule has 2 aliphatic rings. The standard InChI is InChI=1S/C29H28N4O6S2/c1-19(2)17-39-25-6-4-3-5-21(25)18-38-24-13-7-20(8-14-24)15-26-28(35)31-29(40-26)30-22-9-11-23(12-10-22)33-16-27(34)32-41(33,36)37/h3-16,19,32,34H,17-18H2,1-2H3,(H,30,31,35). The minimum Gasteiger partial charge on any atom is -0.493 e. The molecular formula is C29H28N4O6S2. The number of aliphatic hydroxyl groups excluding tert-OH is 1. The zero-order chi connectivity index (χ0) is 29.0. The summed E-state index contributed by atoms with van der Waals surface area (Å²) < 4.78 is 38.8. The van der Waals surface area contributed by atoms with Crippen LogP contribution in [0, 0.1) is 5.92 Å². The van der Waals surface area contributed by atoms with Crippen molar-refractivity contribution >= 4 is 50.5 Å². The molecule has 212 valence electrons. The Hall–Kier alpha value is -4.42. The molecule has 3 N–H and O–H groups in total. The van der Waals surface area contributed by atoms with Crippen LogP contribution in [0.15, 0.2) is 94.8 Å². The smallest absolute Gasteiger partial charge is 0.330 e. The van der Waals surface area contributed by atoms with E-state index in [9.17, 15) is 18.3 Å². The van der Waals surface area contributed by atoms with E-state index in [0.717, 1.165) is 27.4 Å². The van der Waals surface area contributed by atoms with Crippen LogP contribution in [0.1, 0.15) is 25.0 Å². The van der Waals surface area contributed by atoms with Gasteiger partial charge in [-0.3, -0.25) is 4.79 Å². The molecule has 12 heteroatoms. The van der Waals surface area contributed by atoms with Gasteiger partial charge in [0.2, 0.25) is 5.88 Å². The number of benzene rings is 3. The van der Waals surface area contributed by atoms with Crippen LogP contribution >= 0.6 is 11.8 Å². The summed E-state index contributed by atoms with van der Waals surface area (Å²) in [6.07, 6.45) is 2.84. The van der Waals surface area contributed by atoms with Crippen LogP contribution in [-0.4, -0.2) is 31.2 Å². The lowest BCUT2D eigenvalue weighted by Crippen LogP contribution is -2.29. The van der Waals surface area contributed by atoms with Crippen LogP contribution in [0.4, 0.5) is 11.4 Å². The Labute approximate surface area is 242 Å². The Kier molecular flexibility index (Phi) is 8.22. The van der Waals surface area contributed by atoms with Gasteiger partial charge in [-0.15, -0.1) is 0 Å². The normalized spacial score (nSPS) is 18.0. The van der Waals surface area contributed by atoms with Crippen molar-refractivity contribution in [2.24, 2.45) is 10.9 Å². The molecular weight excluding hydrogens is 564 g/mol. The number of ether oxygens (including phenoxy) is 2. The lowest BCUT2D eigenvalue weighted by Gasteiger charge is -2.14. The molecule has 5 rings (SSSR count). The van der Waals surface area contributed by atoms with Gasteiger partial charge in [0.05, 0.1) is 29.1 Å². The van der Waals surface area contributed by atoms with Gasteiger partial charge in [-0.25, -0.2) is 14.0 Å². The maximum atomic E-state index is 12.5. The predicted molar refractivity (Wildman–Crippen MR) is 160 cm³/mol. The lowest BCUT2D eigenvalue weighted by molar-refractivity contribution is -0.115. The van der Waals surface area contributed by atoms with Crippen LogP contribution in [0.2, 0.25) is 0 Å². The maximum Gasteiger partial charge on any atom is 0.330 e. The summed E-state index contributed by atoms with van der Waals surface area (Å²) in [6, 6.07) is 21.6. The molecule has 0 aliphatic carbocycles. The van der Waals surface area contributed by atoms with Gasteiger partial charge < -0.3 is 19.9 Å². The highest BCUT2D eigenvalue weighted by atomic mass is 32.2. The number of amidine groups is 1. The fourth-order valence-electron chi connectivity index (χ4n) is 3.87. The summed E-state index contributed by atoms with van der Waals surface area (Å²) in [6.45, 7) is 5.22. The Balaban J connectivity index is 1.20. The summed E-state index contributed by atoms with van der Waals surface area (Å²) in [4.78, 5) is 17.5. The topological polar surface area (TPSA) is 130 Å². The van der Waals surface area contributed by atoms with E-state index in [1.54, 1.807) is 30.3 Å². The molecule has 0 radical (unpaired) electrons. The number of para-hydroxylation sites is 1. The number of rotatable bonds is 9. The van der Waals surface area contributed by atoms with Crippen molar-refractivity contribution < 1.29 is 27.8 Å². The fourth-order valence-corrected chi connectivity index (χ4v) is 5.76. The second-order valence-electron chi connectivity index (χ2n) is 9.59. The van der Waals surface area contributed by atoms with Gasteiger partial charge in [0.15, 0.2) is 5.17 Å². The molecule has 3 aromatic rings. The predicted octanol–water partition coefficient (Wildman–Crippen LogP) is 5.20. The van der Waals surface area contributed by atoms with Crippen molar-refractivity contribution in [2.45, 2.75) is 20.5 Å². The second-order valence-corrected chi connectivity index (χ2v) is 12.2. The van der Waals surface area contributed by atoms with E-state index in [1.807, 2.05) is 53.3 Å². The zero-order valence-electron chi connectivity index (χ0n) is 22.3. The number of carbonyl (C=O) groups excluding carboxylic acids is 1. The van der Waals surface area contributed by atoms with Crippen LogP contribution in [0.3, 0.4) is 0 Å². The first-order valence-corrected chi connectivity index (χ1v) is 15.0. The first kappa shape index (κ1) is 28.1. The molecule has 1 fully saturated rings. The monoisotopic (exact) mass is 592 g/mol. The van der Waals surface area contributed by atoms with E-state index in [1.165, 1.54) is 11.8 Å². The van der Waals surface area contributed by atoms with Crippen molar-refractivity contribution in [1.29, 1.82) is 0 Å². The summed E-state index contributed by atoms with van der Waals surface area (Å²) in [7, 11) is -3.87. The SMILES string of the molecule is CC(C)COc1ccccc1COc1ccc(C=C2SC(=Nc3ccc(N4C=C(O)NS4(=O)=O)cc3)NC2=O)cc1. The number of hydrogen-bond acceptors (Lipinski definition) is 8. The van der Waals surface area contributed by atoms with E-state index in [-0.39, 0.29) is 5.91 Å². The van der Waals surface area contributed by atoms with Gasteiger partial charge in [0.1, 0.15) is 18.1 Å². The van der Waals surface area contributed by atoms with Crippen LogP contribution < -0.4 is 23.8 Å². The highest BCUT2D eigenvalue weighted by Crippen LogP contribution is 2.30. The van der Waals surface area contributed by atoms with Crippen molar-refractivity contribution in [1.82, 2.24) is 10.0 Å². The van der Waals surface area contributed by atoms with Gasteiger partial charge in [0, 0.05) is 5.56 Å². The second kappa shape index (κ2) is 12.0. The number of carbonyl (C=O) groups is 1. The Morgan fingerprint density at radius 1 is 1.02 bits per heavy atom. The van der Waals surface area contributed by atoms with Gasteiger partial charge in [-0.05, 0) is 71.8 Å². The van der Waals surface area contributed by atoms with Crippen molar-refractivity contribution in [3.8, 4) is 11.5 Å². The van der Waals surface area contributed by atoms with E-state index < -0.39 is 16.1 Å². The van der Waals surface area contributed by atoms with Gasteiger partial charge in [0.25, 0.3) is 5.91 Å². The Morgan fingerprint density at radius 2 is 1.76 bits per heavy atom. The first-order valence-electron chi connectivity index (χ1n) is 12.7. The minimum absolute atomic E-state index is 0.265. The molecule has 0 saturated carbocycles. The minimum atomic E-state index is -3.87. The quantitative estimate of drug-likeness (QED) is 0.291. The fraction of sp³-hybridized carbons (Fsp3) is 0.172. The molecule has 2 heterocycles. The lowest BCUT2D eigenvalue weighted by atomic mass is 10.2. The number of aliphatic imine (C=N–C) groups is 1. The van der Waals surface area contributed by atoms with Gasteiger partial charge in [-0.2, -0.15) is 8.42 Å². The van der Waals surface area contributed by atoms with Crippen LogP contribution in [0.5, 0.6) is 11.5 Å². The first-order chi connectivity index (χ1) is 19.7. The van der Waals surface area contributed by atoms with Gasteiger partial charge >= 0.3 is 10.2 Å². The molecule has 0 spiro atoms. The Bertz CT molecular complexity index is 1630. The van der Waals surface area contributed by atoms with Crippen molar-refractivity contribution in [3.05, 3.63) is 101 Å². The molecule has 0 aromatic heterocycles. The molecule has 2 aliphatic heterocycles. The highest BCUT2D eigenvalue weighted by Gasteiger charge is 2.28. The number of thioether (sulfide) groups is 1. The molecule has 1 saturated heterocycles. The van der Waals surface area contributed by atoms with Crippen LogP contribution in [0.25, 0.3) is 6.08 Å². The van der Waals surface area contributed by atoms with Crippen molar-refractivity contribution in [2.75, 3.05) is 10.9 Å². The zero-order valence-corrected chi connectivity index (χ0v) is 23.9. The summed E-state index contributed by atoms with van der Waals surface area (Å²) in [5, 5.41) is 12.6. The molecule has 1 amide bonds. The molecule has 0 atom stereocenters. The van der Waals surface area contributed by atoms with E-state index in [4.69, 9.17) is 9.47 Å². The highest BCUT2D eigenvalue weighted by molar-refractivity contribution is 8.18. The summed E-state index contributed by atoms with van der Waals surface area (Å²) in [5.41, 5.74) is 2.64. The number of nitrogens with zero attached hydrogens (tertiary/aromatic N) is 2. The molecule has 0 bridgehead atoms. The third kappa shape index (κ3) is 7.02. The largest absolute Gasteiger partial charge is 0.493 e. The van der Waals surface area contributed by atoms with E-state index in [2.05, 4.69) is 24.2 Å². The molecule has 41 heavy (non-hydrogen) atoms. The number of nitrogens with one attached hydrogen (secondary N) is 2. The summed E-state index contributed by atoms with van der Waals surface area (Å²) >= 11 is 1.20. The average Bonchev–Trinajstić information content (AvgIpc) is 3.43. The number of anilines is 1. The van der Waals surface area contributed by atoms with E-state index >= 15 is 0 Å².